The van der Waals surface area contributed by atoms with Crippen molar-refractivity contribution in [2.24, 2.45) is 16.7 Å². The molecule has 2 atom stereocenters. The second kappa shape index (κ2) is 3.46. The van der Waals surface area contributed by atoms with Crippen molar-refractivity contribution in [2.45, 2.75) is 40.7 Å². The van der Waals surface area contributed by atoms with Crippen molar-refractivity contribution in [2.75, 3.05) is 19.8 Å². The maximum atomic E-state index is 12.3. The fourth-order valence-corrected chi connectivity index (χ4v) is 2.91. The first kappa shape index (κ1) is 11.9. The SMILES string of the molecule is CC1CN(C(=O)C(C)(C)C)C(C)C12COC2. The highest BCUT2D eigenvalue weighted by atomic mass is 16.5. The van der Waals surface area contributed by atoms with Gasteiger partial charge in [0.15, 0.2) is 0 Å². The molecule has 0 bridgehead atoms. The fraction of sp³-hybridized carbons (Fsp3) is 0.923. The monoisotopic (exact) mass is 225 g/mol. The van der Waals surface area contributed by atoms with Crippen LogP contribution in [0.15, 0.2) is 0 Å². The molecular weight excluding hydrogens is 202 g/mol. The number of likely N-dealkylation sites (tertiary alicyclic amines) is 1. The van der Waals surface area contributed by atoms with E-state index in [0.717, 1.165) is 19.8 Å². The van der Waals surface area contributed by atoms with Gasteiger partial charge in [-0.25, -0.2) is 0 Å². The van der Waals surface area contributed by atoms with E-state index in [1.54, 1.807) is 0 Å². The average Bonchev–Trinajstić information content (AvgIpc) is 2.34. The smallest absolute Gasteiger partial charge is 0.228 e. The third-order valence-electron chi connectivity index (χ3n) is 4.40. The summed E-state index contributed by atoms with van der Waals surface area (Å²) in [7, 11) is 0. The van der Waals surface area contributed by atoms with Gasteiger partial charge in [0.1, 0.15) is 0 Å². The zero-order valence-corrected chi connectivity index (χ0v) is 11.0. The van der Waals surface area contributed by atoms with Crippen LogP contribution in [0, 0.1) is 16.7 Å². The van der Waals surface area contributed by atoms with E-state index in [2.05, 4.69) is 18.7 Å². The van der Waals surface area contributed by atoms with Gasteiger partial charge in [-0.1, -0.05) is 27.7 Å². The van der Waals surface area contributed by atoms with E-state index in [4.69, 9.17) is 4.74 Å². The number of hydrogen-bond acceptors (Lipinski definition) is 2. The summed E-state index contributed by atoms with van der Waals surface area (Å²) in [6.07, 6.45) is 0. The van der Waals surface area contributed by atoms with Crippen LogP contribution in [-0.2, 0) is 9.53 Å². The van der Waals surface area contributed by atoms with Gasteiger partial charge >= 0.3 is 0 Å². The van der Waals surface area contributed by atoms with Gasteiger partial charge in [-0.2, -0.15) is 0 Å². The number of hydrogen-bond donors (Lipinski definition) is 0. The van der Waals surface area contributed by atoms with Crippen LogP contribution in [0.25, 0.3) is 0 Å². The van der Waals surface area contributed by atoms with E-state index in [1.165, 1.54) is 0 Å². The number of ether oxygens (including phenoxy) is 1. The second-order valence-electron chi connectivity index (χ2n) is 6.51. The third kappa shape index (κ3) is 1.48. The molecule has 2 unspecified atom stereocenters. The van der Waals surface area contributed by atoms with Crippen LogP contribution in [-0.4, -0.2) is 36.6 Å². The number of rotatable bonds is 0. The highest BCUT2D eigenvalue weighted by Gasteiger charge is 2.56. The predicted octanol–water partition coefficient (Wildman–Crippen LogP) is 1.92. The van der Waals surface area contributed by atoms with Gasteiger partial charge in [0, 0.05) is 23.4 Å². The fourth-order valence-electron chi connectivity index (χ4n) is 2.91. The Labute approximate surface area is 98.1 Å². The number of nitrogens with zero attached hydrogens (tertiary/aromatic N) is 1. The third-order valence-corrected chi connectivity index (χ3v) is 4.40. The molecule has 0 aromatic carbocycles. The highest BCUT2D eigenvalue weighted by Crippen LogP contribution is 2.47. The summed E-state index contributed by atoms with van der Waals surface area (Å²) in [5.41, 5.74) is -0.0367. The molecule has 0 aliphatic carbocycles. The quantitative estimate of drug-likeness (QED) is 0.630. The minimum absolute atomic E-state index is 0.237. The zero-order valence-electron chi connectivity index (χ0n) is 11.0. The van der Waals surface area contributed by atoms with Crippen molar-refractivity contribution in [3.05, 3.63) is 0 Å². The lowest BCUT2D eigenvalue weighted by Gasteiger charge is -2.45. The summed E-state index contributed by atoms with van der Waals surface area (Å²) in [5, 5.41) is 0. The molecule has 2 aliphatic rings. The van der Waals surface area contributed by atoms with Gasteiger partial charge < -0.3 is 9.64 Å². The molecule has 2 rings (SSSR count). The Morgan fingerprint density at radius 1 is 1.31 bits per heavy atom. The van der Waals surface area contributed by atoms with Crippen LogP contribution in [0.5, 0.6) is 0 Å². The van der Waals surface area contributed by atoms with Gasteiger partial charge in [-0.3, -0.25) is 4.79 Å². The van der Waals surface area contributed by atoms with Crippen molar-refractivity contribution in [1.29, 1.82) is 0 Å². The molecule has 3 nitrogen and oxygen atoms in total. The molecule has 0 N–H and O–H groups in total. The predicted molar refractivity (Wildman–Crippen MR) is 63.0 cm³/mol. The van der Waals surface area contributed by atoms with Crippen LogP contribution in [0.4, 0.5) is 0 Å². The largest absolute Gasteiger partial charge is 0.380 e. The van der Waals surface area contributed by atoms with Gasteiger partial charge in [0.05, 0.1) is 13.2 Å². The molecule has 0 aromatic heterocycles. The number of carbonyl (C=O) groups excluding carboxylic acids is 1. The molecule has 2 heterocycles. The summed E-state index contributed by atoms with van der Waals surface area (Å²) in [6, 6.07) is 0.322. The lowest BCUT2D eigenvalue weighted by Crippen LogP contribution is -2.54. The van der Waals surface area contributed by atoms with E-state index in [-0.39, 0.29) is 16.7 Å². The lowest BCUT2D eigenvalue weighted by atomic mass is 9.73. The van der Waals surface area contributed by atoms with Crippen molar-refractivity contribution >= 4 is 5.91 Å². The van der Waals surface area contributed by atoms with E-state index >= 15 is 0 Å². The van der Waals surface area contributed by atoms with Crippen molar-refractivity contribution in [1.82, 2.24) is 4.90 Å². The van der Waals surface area contributed by atoms with E-state index in [0.29, 0.717) is 12.0 Å². The van der Waals surface area contributed by atoms with Crippen LogP contribution < -0.4 is 0 Å². The van der Waals surface area contributed by atoms with E-state index in [9.17, 15) is 4.79 Å². The molecule has 1 spiro atoms. The summed E-state index contributed by atoms with van der Waals surface area (Å²) in [6.45, 7) is 12.9. The molecule has 0 saturated carbocycles. The van der Waals surface area contributed by atoms with Gasteiger partial charge in [0.25, 0.3) is 0 Å². The first-order valence-corrected chi connectivity index (χ1v) is 6.18. The van der Waals surface area contributed by atoms with Crippen LogP contribution in [0.1, 0.15) is 34.6 Å². The molecule has 3 heteroatoms. The zero-order chi connectivity index (χ0) is 12.1. The Bertz CT molecular complexity index is 302. The molecule has 2 fully saturated rings. The Balaban J connectivity index is 2.18. The van der Waals surface area contributed by atoms with E-state index < -0.39 is 0 Å². The van der Waals surface area contributed by atoms with E-state index in [1.807, 2.05) is 20.8 Å². The van der Waals surface area contributed by atoms with Crippen LogP contribution in [0.2, 0.25) is 0 Å². The van der Waals surface area contributed by atoms with Gasteiger partial charge in [0.2, 0.25) is 5.91 Å². The molecule has 2 saturated heterocycles. The summed E-state index contributed by atoms with van der Waals surface area (Å²) < 4.78 is 5.38. The minimum Gasteiger partial charge on any atom is -0.380 e. The average molecular weight is 225 g/mol. The second-order valence-corrected chi connectivity index (χ2v) is 6.51. The molecule has 0 radical (unpaired) electrons. The molecule has 16 heavy (non-hydrogen) atoms. The number of amides is 1. The molecule has 2 aliphatic heterocycles. The first-order valence-electron chi connectivity index (χ1n) is 6.18. The van der Waals surface area contributed by atoms with Gasteiger partial charge in [-0.15, -0.1) is 0 Å². The Morgan fingerprint density at radius 2 is 1.88 bits per heavy atom. The first-order chi connectivity index (χ1) is 7.29. The molecule has 1 amide bonds. The summed E-state index contributed by atoms with van der Waals surface area (Å²) in [5.74, 6) is 0.832. The molecule has 0 aromatic rings. The summed E-state index contributed by atoms with van der Waals surface area (Å²) in [4.78, 5) is 14.4. The Kier molecular flexibility index (Phi) is 2.57. The van der Waals surface area contributed by atoms with Crippen LogP contribution in [0.3, 0.4) is 0 Å². The summed E-state index contributed by atoms with van der Waals surface area (Å²) >= 11 is 0. The normalized spacial score (nSPS) is 32.9. The lowest BCUT2D eigenvalue weighted by molar-refractivity contribution is -0.155. The standard InChI is InChI=1S/C13H23NO2/c1-9-6-14(11(15)12(3,4)5)10(2)13(9)7-16-8-13/h9-10H,6-8H2,1-5H3. The highest BCUT2D eigenvalue weighted by molar-refractivity contribution is 5.82. The van der Waals surface area contributed by atoms with Crippen LogP contribution >= 0.6 is 0 Å². The molecular formula is C13H23NO2. The molecule has 92 valence electrons. The number of carbonyl (C=O) groups is 1. The van der Waals surface area contributed by atoms with Crippen molar-refractivity contribution < 1.29 is 9.53 Å². The maximum absolute atomic E-state index is 12.3. The Morgan fingerprint density at radius 3 is 2.19 bits per heavy atom. The topological polar surface area (TPSA) is 29.5 Å². The minimum atomic E-state index is -0.274. The van der Waals surface area contributed by atoms with Gasteiger partial charge in [-0.05, 0) is 12.8 Å². The van der Waals surface area contributed by atoms with Crippen molar-refractivity contribution in [3.63, 3.8) is 0 Å². The maximum Gasteiger partial charge on any atom is 0.228 e. The Hall–Kier alpha value is -0.570. The van der Waals surface area contributed by atoms with Crippen molar-refractivity contribution in [3.8, 4) is 0 Å².